The first kappa shape index (κ1) is 24.4. The first-order valence-corrected chi connectivity index (χ1v) is 10.7. The van der Waals surface area contributed by atoms with Gasteiger partial charge in [-0.1, -0.05) is 6.07 Å². The van der Waals surface area contributed by atoms with E-state index in [1.165, 1.54) is 12.1 Å². The summed E-state index contributed by atoms with van der Waals surface area (Å²) in [4.78, 5) is 31.5. The number of hydrogen-bond donors (Lipinski definition) is 2. The van der Waals surface area contributed by atoms with Gasteiger partial charge in [0.2, 0.25) is 5.78 Å². The number of amides is 1. The van der Waals surface area contributed by atoms with Gasteiger partial charge in [-0.3, -0.25) is 15.1 Å². The van der Waals surface area contributed by atoms with Gasteiger partial charge in [0, 0.05) is 31.2 Å². The van der Waals surface area contributed by atoms with Gasteiger partial charge >= 0.3 is 6.09 Å². The molecule has 0 radical (unpaired) electrons. The van der Waals surface area contributed by atoms with Gasteiger partial charge in [0.15, 0.2) is 11.0 Å². The minimum Gasteiger partial charge on any atom is -0.449 e. The second kappa shape index (κ2) is 11.1. The number of piperidine rings is 1. The van der Waals surface area contributed by atoms with E-state index in [1.54, 1.807) is 30.6 Å². The van der Waals surface area contributed by atoms with Crippen molar-refractivity contribution in [3.8, 4) is 0 Å². The van der Waals surface area contributed by atoms with Gasteiger partial charge in [-0.2, -0.15) is 0 Å². The molecule has 10 heteroatoms. The minimum absolute atomic E-state index is 0. The average Bonchev–Trinajstić information content (AvgIpc) is 3.26. The summed E-state index contributed by atoms with van der Waals surface area (Å²) in [5, 5.41) is 2.71. The number of halogens is 2. The van der Waals surface area contributed by atoms with Crippen LogP contribution in [0, 0.1) is 5.92 Å². The zero-order chi connectivity index (χ0) is 22.5. The minimum atomic E-state index is -0.661. The SMILES string of the molecule is Cl.Nc1cccc(C(=O)c2ccc(Cl)o2)c1NC(=O)OCC1CCN(c2ccncc2)CC1. The molecule has 174 valence electrons. The van der Waals surface area contributed by atoms with Crippen LogP contribution in [0.4, 0.5) is 21.9 Å². The first-order chi connectivity index (χ1) is 15.5. The van der Waals surface area contributed by atoms with Crippen LogP contribution in [0.2, 0.25) is 5.22 Å². The van der Waals surface area contributed by atoms with E-state index in [1.807, 2.05) is 12.1 Å². The topological polar surface area (TPSA) is 111 Å². The molecule has 33 heavy (non-hydrogen) atoms. The number of anilines is 3. The highest BCUT2D eigenvalue weighted by atomic mass is 35.5. The number of carbonyl (C=O) groups is 2. The predicted octanol–water partition coefficient (Wildman–Crippen LogP) is 5.03. The highest BCUT2D eigenvalue weighted by Gasteiger charge is 2.23. The van der Waals surface area contributed by atoms with Crippen LogP contribution in [0.25, 0.3) is 0 Å². The molecule has 3 N–H and O–H groups in total. The summed E-state index contributed by atoms with van der Waals surface area (Å²) in [5.41, 5.74) is 7.78. The summed E-state index contributed by atoms with van der Waals surface area (Å²) >= 11 is 5.77. The normalized spacial score (nSPS) is 13.8. The van der Waals surface area contributed by atoms with Crippen molar-refractivity contribution in [2.75, 3.05) is 35.6 Å². The summed E-state index contributed by atoms with van der Waals surface area (Å²) in [6.07, 6.45) is 4.72. The van der Waals surface area contributed by atoms with Crippen molar-refractivity contribution in [1.29, 1.82) is 0 Å². The van der Waals surface area contributed by atoms with E-state index >= 15 is 0 Å². The Hall–Kier alpha value is -3.23. The van der Waals surface area contributed by atoms with Crippen LogP contribution in [-0.4, -0.2) is 36.6 Å². The summed E-state index contributed by atoms with van der Waals surface area (Å²) in [5.74, 6) is -0.126. The molecule has 8 nitrogen and oxygen atoms in total. The van der Waals surface area contributed by atoms with Gasteiger partial charge in [-0.15, -0.1) is 12.4 Å². The number of nitrogen functional groups attached to an aromatic ring is 1. The van der Waals surface area contributed by atoms with E-state index in [4.69, 9.17) is 26.5 Å². The number of carbonyl (C=O) groups excluding carboxylic acids is 2. The molecule has 0 bridgehead atoms. The Morgan fingerprint density at radius 1 is 1.15 bits per heavy atom. The number of rotatable bonds is 6. The number of ketones is 1. The maximum Gasteiger partial charge on any atom is 0.411 e. The number of aromatic nitrogens is 1. The molecule has 0 saturated carbocycles. The lowest BCUT2D eigenvalue weighted by molar-refractivity contribution is 0.101. The molecular formula is C23H24Cl2N4O4. The van der Waals surface area contributed by atoms with Crippen molar-refractivity contribution in [3.05, 3.63) is 71.4 Å². The Balaban J connectivity index is 0.00000306. The number of nitrogens with one attached hydrogen (secondary N) is 1. The lowest BCUT2D eigenvalue weighted by atomic mass is 9.97. The standard InChI is InChI=1S/C23H23ClN4O4.ClH/c24-20-5-4-19(32-20)22(29)17-2-1-3-18(25)21(17)27-23(30)31-14-15-8-12-28(13-9-15)16-6-10-26-11-7-16;/h1-7,10-11,15H,8-9,12-14,25H2,(H,27,30);1H. The fraction of sp³-hybridized carbons (Fsp3) is 0.261. The Morgan fingerprint density at radius 3 is 2.55 bits per heavy atom. The van der Waals surface area contributed by atoms with E-state index in [0.717, 1.165) is 31.6 Å². The number of nitrogens with two attached hydrogens (primary N) is 1. The molecule has 1 fully saturated rings. The number of pyridine rings is 1. The second-order valence-corrected chi connectivity index (χ2v) is 7.93. The fourth-order valence-corrected chi connectivity index (χ4v) is 3.86. The molecule has 1 aliphatic rings. The Labute approximate surface area is 202 Å². The smallest absolute Gasteiger partial charge is 0.411 e. The molecule has 1 amide bonds. The van der Waals surface area contributed by atoms with Crippen molar-refractivity contribution in [2.45, 2.75) is 12.8 Å². The third-order valence-electron chi connectivity index (χ3n) is 5.46. The van der Waals surface area contributed by atoms with Gasteiger partial charge in [0.25, 0.3) is 0 Å². The lowest BCUT2D eigenvalue weighted by Crippen LogP contribution is -2.35. The van der Waals surface area contributed by atoms with E-state index in [2.05, 4.69) is 15.2 Å². The summed E-state index contributed by atoms with van der Waals surface area (Å²) in [6.45, 7) is 2.06. The fourth-order valence-electron chi connectivity index (χ4n) is 3.71. The number of nitrogens with zero attached hydrogens (tertiary/aromatic N) is 2. The molecule has 0 aliphatic carbocycles. The van der Waals surface area contributed by atoms with Gasteiger partial charge in [0.1, 0.15) is 0 Å². The Morgan fingerprint density at radius 2 is 1.88 bits per heavy atom. The van der Waals surface area contributed by atoms with E-state index in [0.29, 0.717) is 6.61 Å². The highest BCUT2D eigenvalue weighted by molar-refractivity contribution is 6.29. The van der Waals surface area contributed by atoms with E-state index in [-0.39, 0.29) is 46.2 Å². The van der Waals surface area contributed by atoms with Gasteiger partial charge < -0.3 is 19.8 Å². The van der Waals surface area contributed by atoms with Crippen LogP contribution in [-0.2, 0) is 4.74 Å². The largest absolute Gasteiger partial charge is 0.449 e. The molecule has 3 heterocycles. The molecule has 2 aromatic heterocycles. The average molecular weight is 491 g/mol. The molecule has 1 saturated heterocycles. The summed E-state index contributed by atoms with van der Waals surface area (Å²) < 4.78 is 10.6. The van der Waals surface area contributed by atoms with E-state index < -0.39 is 11.9 Å². The summed E-state index contributed by atoms with van der Waals surface area (Å²) in [7, 11) is 0. The predicted molar refractivity (Wildman–Crippen MR) is 129 cm³/mol. The van der Waals surface area contributed by atoms with Crippen LogP contribution in [0.15, 0.2) is 59.3 Å². The molecule has 0 unspecified atom stereocenters. The van der Waals surface area contributed by atoms with Crippen LogP contribution in [0.1, 0.15) is 29.0 Å². The maximum atomic E-state index is 12.8. The Bertz CT molecular complexity index is 1100. The quantitative estimate of drug-likeness (QED) is 0.368. The zero-order valence-corrected chi connectivity index (χ0v) is 19.3. The van der Waals surface area contributed by atoms with Gasteiger partial charge in [-0.25, -0.2) is 4.79 Å². The molecular weight excluding hydrogens is 467 g/mol. The Kier molecular flexibility index (Phi) is 8.19. The zero-order valence-electron chi connectivity index (χ0n) is 17.7. The molecule has 1 aliphatic heterocycles. The first-order valence-electron chi connectivity index (χ1n) is 10.3. The van der Waals surface area contributed by atoms with Crippen LogP contribution in [0.5, 0.6) is 0 Å². The van der Waals surface area contributed by atoms with Crippen molar-refractivity contribution in [3.63, 3.8) is 0 Å². The maximum absolute atomic E-state index is 12.8. The molecule has 0 atom stereocenters. The van der Waals surface area contributed by atoms with Crippen LogP contribution in [0.3, 0.4) is 0 Å². The number of furan rings is 1. The lowest BCUT2D eigenvalue weighted by Gasteiger charge is -2.33. The van der Waals surface area contributed by atoms with E-state index in [9.17, 15) is 9.59 Å². The second-order valence-electron chi connectivity index (χ2n) is 7.56. The number of benzene rings is 1. The number of ether oxygens (including phenoxy) is 1. The molecule has 1 aromatic carbocycles. The third kappa shape index (κ3) is 5.97. The van der Waals surface area contributed by atoms with Crippen molar-refractivity contribution in [2.24, 2.45) is 5.92 Å². The van der Waals surface area contributed by atoms with Gasteiger partial charge in [-0.05, 0) is 66.8 Å². The number of hydrogen-bond acceptors (Lipinski definition) is 7. The molecule has 4 rings (SSSR count). The van der Waals surface area contributed by atoms with Crippen LogP contribution >= 0.6 is 24.0 Å². The van der Waals surface area contributed by atoms with Gasteiger partial charge in [0.05, 0.1) is 23.5 Å². The van der Waals surface area contributed by atoms with Crippen molar-refractivity contribution in [1.82, 2.24) is 4.98 Å². The van der Waals surface area contributed by atoms with Crippen molar-refractivity contribution < 1.29 is 18.7 Å². The summed E-state index contributed by atoms with van der Waals surface area (Å²) in [6, 6.07) is 11.7. The van der Waals surface area contributed by atoms with Crippen LogP contribution < -0.4 is 16.0 Å². The monoisotopic (exact) mass is 490 g/mol. The number of para-hydroxylation sites is 1. The molecule has 3 aromatic rings. The highest BCUT2D eigenvalue weighted by Crippen LogP contribution is 2.28. The molecule has 0 spiro atoms. The third-order valence-corrected chi connectivity index (χ3v) is 5.66. The van der Waals surface area contributed by atoms with Crippen molar-refractivity contribution >= 4 is 52.9 Å².